The topological polar surface area (TPSA) is 60.9 Å². The van der Waals surface area contributed by atoms with Crippen LogP contribution in [0.3, 0.4) is 0 Å². The summed E-state index contributed by atoms with van der Waals surface area (Å²) in [4.78, 5) is 24.0. The van der Waals surface area contributed by atoms with E-state index in [0.717, 1.165) is 56.0 Å². The lowest BCUT2D eigenvalue weighted by Crippen LogP contribution is -2.45. The van der Waals surface area contributed by atoms with Gasteiger partial charge in [-0.05, 0) is 70.5 Å². The first-order valence-corrected chi connectivity index (χ1v) is 12.1. The Morgan fingerprint density at radius 2 is 1.88 bits per heavy atom. The third-order valence-corrected chi connectivity index (χ3v) is 6.41. The number of nitrogens with zero attached hydrogens (tertiary/aromatic N) is 4. The number of benzene rings is 1. The maximum Gasteiger partial charge on any atom is 0.411 e. The Bertz CT molecular complexity index is 1040. The van der Waals surface area contributed by atoms with Crippen LogP contribution in [0.25, 0.3) is 11.1 Å². The van der Waals surface area contributed by atoms with Crippen LogP contribution in [0.2, 0.25) is 5.02 Å². The molecule has 0 radical (unpaired) electrons. The average molecular weight is 490 g/mol. The molecule has 4 rings (SSSR count). The van der Waals surface area contributed by atoms with Crippen molar-refractivity contribution < 1.29 is 13.9 Å². The number of rotatable bonds is 4. The number of amides is 1. The molecule has 34 heavy (non-hydrogen) atoms. The molecule has 1 aromatic carbocycles. The fourth-order valence-corrected chi connectivity index (χ4v) is 4.46. The summed E-state index contributed by atoms with van der Waals surface area (Å²) in [6.45, 7) is 9.91. The van der Waals surface area contributed by atoms with Gasteiger partial charge in [0.15, 0.2) is 0 Å². The summed E-state index contributed by atoms with van der Waals surface area (Å²) in [6, 6.07) is 8.63. The predicted molar refractivity (Wildman–Crippen MR) is 134 cm³/mol. The molecule has 2 aliphatic rings. The number of nitrogens with one attached hydrogen (secondary N) is 1. The number of halogens is 2. The van der Waals surface area contributed by atoms with Gasteiger partial charge in [-0.1, -0.05) is 17.7 Å². The second-order valence-corrected chi connectivity index (χ2v) is 10.4. The van der Waals surface area contributed by atoms with E-state index in [2.05, 4.69) is 22.2 Å². The average Bonchev–Trinajstić information content (AvgIpc) is 3.23. The summed E-state index contributed by atoms with van der Waals surface area (Å²) < 4.78 is 19.4. The molecule has 1 atom stereocenters. The Morgan fingerprint density at radius 1 is 1.15 bits per heavy atom. The molecule has 0 unspecified atom stereocenters. The highest BCUT2D eigenvalue weighted by Gasteiger charge is 2.33. The molecule has 2 saturated heterocycles. The minimum absolute atomic E-state index is 0.0582. The molecule has 2 aromatic rings. The van der Waals surface area contributed by atoms with Gasteiger partial charge in [0.25, 0.3) is 0 Å². The summed E-state index contributed by atoms with van der Waals surface area (Å²) in [5.41, 5.74) is 0.990. The molecule has 0 saturated carbocycles. The van der Waals surface area contributed by atoms with Gasteiger partial charge in [-0.2, -0.15) is 0 Å². The van der Waals surface area contributed by atoms with Crippen LogP contribution < -0.4 is 10.2 Å². The van der Waals surface area contributed by atoms with Crippen LogP contribution in [-0.4, -0.2) is 72.4 Å². The van der Waals surface area contributed by atoms with Crippen molar-refractivity contribution in [3.8, 4) is 11.1 Å². The molecule has 0 bridgehead atoms. The van der Waals surface area contributed by atoms with Gasteiger partial charge >= 0.3 is 6.09 Å². The Morgan fingerprint density at radius 3 is 2.56 bits per heavy atom. The highest BCUT2D eigenvalue weighted by Crippen LogP contribution is 2.33. The van der Waals surface area contributed by atoms with Crippen LogP contribution in [0.4, 0.5) is 20.8 Å². The third kappa shape index (κ3) is 5.73. The molecule has 9 heteroatoms. The van der Waals surface area contributed by atoms with Crippen LogP contribution in [0.15, 0.2) is 30.3 Å². The molecule has 7 nitrogen and oxygen atoms in total. The number of hydrogen-bond acceptors (Lipinski definition) is 6. The molecule has 0 aliphatic carbocycles. The maximum atomic E-state index is 13.8. The van der Waals surface area contributed by atoms with E-state index in [0.29, 0.717) is 12.4 Å². The van der Waals surface area contributed by atoms with E-state index in [1.807, 2.05) is 32.9 Å². The van der Waals surface area contributed by atoms with Crippen LogP contribution >= 0.6 is 11.6 Å². The molecule has 1 aromatic heterocycles. The van der Waals surface area contributed by atoms with E-state index in [-0.39, 0.29) is 17.3 Å². The molecular weight excluding hydrogens is 457 g/mol. The van der Waals surface area contributed by atoms with E-state index < -0.39 is 11.4 Å². The van der Waals surface area contributed by atoms with Gasteiger partial charge in [-0.25, -0.2) is 14.2 Å². The second-order valence-electron chi connectivity index (χ2n) is 9.96. The van der Waals surface area contributed by atoms with Gasteiger partial charge in [0.1, 0.15) is 29.2 Å². The lowest BCUT2D eigenvalue weighted by atomic mass is 10.1. The largest absolute Gasteiger partial charge is 0.444 e. The number of carbonyl (C=O) groups excluding carboxylic acids is 1. The zero-order chi connectivity index (χ0) is 24.5. The van der Waals surface area contributed by atoms with Crippen LogP contribution in [0.5, 0.6) is 0 Å². The standard InChI is InChI=1S/C25H33ClFN5O2/c1-25(2,3)34-24(33)32-11-5-6-22(32)29-23-18(17-7-9-20(27)19(26)16-17)8-10-21(28-23)31-14-12-30(4)13-15-31/h7-10,16,22H,5-6,11-15H2,1-4H3,(H,28,29)/t22-/m0/s1. The minimum atomic E-state index is -0.570. The third-order valence-electron chi connectivity index (χ3n) is 6.12. The first kappa shape index (κ1) is 24.5. The molecule has 2 aliphatic heterocycles. The molecule has 2 fully saturated rings. The highest BCUT2D eigenvalue weighted by molar-refractivity contribution is 6.31. The van der Waals surface area contributed by atoms with E-state index in [1.165, 1.54) is 6.07 Å². The zero-order valence-electron chi connectivity index (χ0n) is 20.3. The minimum Gasteiger partial charge on any atom is -0.444 e. The van der Waals surface area contributed by atoms with E-state index in [4.69, 9.17) is 21.3 Å². The highest BCUT2D eigenvalue weighted by atomic mass is 35.5. The summed E-state index contributed by atoms with van der Waals surface area (Å²) in [6.07, 6.45) is 1.06. The first-order chi connectivity index (χ1) is 16.1. The Balaban J connectivity index is 1.65. The van der Waals surface area contributed by atoms with Crippen molar-refractivity contribution >= 4 is 29.3 Å². The molecular formula is C25H33ClFN5O2. The smallest absolute Gasteiger partial charge is 0.411 e. The SMILES string of the molecule is CN1CCN(c2ccc(-c3ccc(F)c(Cl)c3)c(N[C@@H]3CCCN3C(=O)OC(C)(C)C)n2)CC1. The first-order valence-electron chi connectivity index (χ1n) is 11.8. The zero-order valence-corrected chi connectivity index (χ0v) is 21.0. The number of piperazine rings is 1. The van der Waals surface area contributed by atoms with Crippen LogP contribution in [0, 0.1) is 5.82 Å². The van der Waals surface area contributed by atoms with E-state index >= 15 is 0 Å². The number of carbonyl (C=O) groups is 1. The van der Waals surface area contributed by atoms with Gasteiger partial charge in [0.05, 0.1) is 5.02 Å². The normalized spacial score (nSPS) is 19.4. The fourth-order valence-electron chi connectivity index (χ4n) is 4.28. The summed E-state index contributed by atoms with van der Waals surface area (Å²) >= 11 is 6.08. The number of likely N-dealkylation sites (tertiary alicyclic amines) is 1. The van der Waals surface area contributed by atoms with Crippen molar-refractivity contribution in [3.05, 3.63) is 41.2 Å². The van der Waals surface area contributed by atoms with Crippen LogP contribution in [0.1, 0.15) is 33.6 Å². The Hall–Kier alpha value is -2.58. The number of ether oxygens (including phenoxy) is 1. The summed E-state index contributed by atoms with van der Waals surface area (Å²) in [7, 11) is 2.12. The van der Waals surface area contributed by atoms with E-state index in [1.54, 1.807) is 17.0 Å². The van der Waals surface area contributed by atoms with E-state index in [9.17, 15) is 9.18 Å². The molecule has 184 valence electrons. The van der Waals surface area contributed by atoms with Gasteiger partial charge < -0.3 is 19.9 Å². The number of hydrogen-bond donors (Lipinski definition) is 1. The van der Waals surface area contributed by atoms with Crippen molar-refractivity contribution in [3.63, 3.8) is 0 Å². The Kier molecular flexibility index (Phi) is 7.19. The molecule has 1 N–H and O–H groups in total. The van der Waals surface area contributed by atoms with Crippen molar-refractivity contribution in [2.24, 2.45) is 0 Å². The van der Waals surface area contributed by atoms with Crippen molar-refractivity contribution in [1.29, 1.82) is 0 Å². The molecule has 0 spiro atoms. The second kappa shape index (κ2) is 9.96. The number of likely N-dealkylation sites (N-methyl/N-ethyl adjacent to an activating group) is 1. The van der Waals surface area contributed by atoms with Crippen LogP contribution in [-0.2, 0) is 4.74 Å². The summed E-state index contributed by atoms with van der Waals surface area (Å²) in [5.74, 6) is 1.04. The van der Waals surface area contributed by atoms with Crippen molar-refractivity contribution in [2.45, 2.75) is 45.4 Å². The number of anilines is 2. The van der Waals surface area contributed by atoms with Crippen molar-refractivity contribution in [1.82, 2.24) is 14.8 Å². The predicted octanol–water partition coefficient (Wildman–Crippen LogP) is 5.06. The van der Waals surface area contributed by atoms with Gasteiger partial charge in [0.2, 0.25) is 0 Å². The number of aromatic nitrogens is 1. The Labute approximate surface area is 205 Å². The number of pyridine rings is 1. The van der Waals surface area contributed by atoms with Crippen molar-refractivity contribution in [2.75, 3.05) is 50.0 Å². The van der Waals surface area contributed by atoms with Gasteiger partial charge in [-0.15, -0.1) is 0 Å². The maximum absolute atomic E-state index is 13.8. The lowest BCUT2D eigenvalue weighted by Gasteiger charge is -2.34. The van der Waals surface area contributed by atoms with Gasteiger partial charge in [-0.3, -0.25) is 4.90 Å². The monoisotopic (exact) mass is 489 g/mol. The quantitative estimate of drug-likeness (QED) is 0.647. The fraction of sp³-hybridized carbons (Fsp3) is 0.520. The lowest BCUT2D eigenvalue weighted by molar-refractivity contribution is 0.0244. The van der Waals surface area contributed by atoms with Gasteiger partial charge in [0, 0.05) is 38.3 Å². The molecule has 1 amide bonds. The molecule has 3 heterocycles. The summed E-state index contributed by atoms with van der Waals surface area (Å²) in [5, 5.41) is 3.55.